The van der Waals surface area contributed by atoms with Gasteiger partial charge in [0, 0.05) is 0 Å². The zero-order valence-corrected chi connectivity index (χ0v) is 49.7. The molecule has 0 aliphatic rings. The van der Waals surface area contributed by atoms with E-state index in [0.717, 1.165) is 0 Å². The first-order chi connectivity index (χ1) is 43.4. The van der Waals surface area contributed by atoms with Gasteiger partial charge in [0.25, 0.3) is 0 Å². The Bertz CT molecular complexity index is 3890. The Kier molecular flexibility index (Phi) is 17.5. The zero-order chi connectivity index (χ0) is 63.0. The summed E-state index contributed by atoms with van der Waals surface area (Å²) in [7, 11) is -2.56. The molecule has 16 heteroatoms. The van der Waals surface area contributed by atoms with Gasteiger partial charge in [-0.1, -0.05) is 0 Å². The Hall–Kier alpha value is -9.68. The van der Waals surface area contributed by atoms with Crippen molar-refractivity contribution < 1.29 is 59.1 Å². The van der Waals surface area contributed by atoms with Crippen LogP contribution in [0.15, 0.2) is 309 Å². The van der Waals surface area contributed by atoms with Gasteiger partial charge in [-0.3, -0.25) is 0 Å². The third-order valence-corrected chi connectivity index (χ3v) is 27.6. The second kappa shape index (κ2) is 25.4. The van der Waals surface area contributed by atoms with Crippen molar-refractivity contribution in [3.63, 3.8) is 0 Å². The molecule has 0 fully saturated rings. The average molecular weight is 1240 g/mol. The van der Waals surface area contributed by atoms with Crippen molar-refractivity contribution in [2.75, 3.05) is 12.3 Å². The number of hydrogen-bond donors (Lipinski definition) is 0. The minimum absolute atomic E-state index is 0.0268. The Balaban J connectivity index is 1.28. The van der Waals surface area contributed by atoms with E-state index in [9.17, 15) is 9.59 Å². The van der Waals surface area contributed by atoms with E-state index in [4.69, 9.17) is 13.5 Å². The number of benzene rings is 11. The predicted octanol–water partition coefficient (Wildman–Crippen LogP) is 15.2. The first kappa shape index (κ1) is 62.0. The third-order valence-electron chi connectivity index (χ3n) is 16.2. The number of Topliss-reactive ketones (excluding diaryl/α,β-unsaturated/α-hetero) is 2. The number of alkyl halides is 6. The van der Waals surface area contributed by atoms with Crippen LogP contribution in [0.1, 0.15) is 63.7 Å². The summed E-state index contributed by atoms with van der Waals surface area (Å²) < 4.78 is 115. The van der Waals surface area contributed by atoms with Crippen LogP contribution >= 0.6 is 13.7 Å². The average Bonchev–Trinajstić information content (AvgIpc) is 0.691. The molecule has 0 atom stereocenters. The zero-order valence-electron chi connectivity index (χ0n) is 48.0. The Morgan fingerprint density at radius 1 is 0.311 bits per heavy atom. The van der Waals surface area contributed by atoms with Gasteiger partial charge in [0.1, 0.15) is 0 Å². The maximum absolute atomic E-state index is 16.5. The van der Waals surface area contributed by atoms with Gasteiger partial charge in [-0.05, 0) is 0 Å². The topological polar surface area (TPSA) is 96.0 Å². The van der Waals surface area contributed by atoms with Crippen LogP contribution in [-0.2, 0) is 21.2 Å². The van der Waals surface area contributed by atoms with Crippen LogP contribution in [0.3, 0.4) is 0 Å². The van der Waals surface area contributed by atoms with Crippen molar-refractivity contribution in [1.29, 1.82) is 0 Å². The minimum atomic E-state index is -5.61. The predicted molar refractivity (Wildman–Crippen MR) is 346 cm³/mol. The fraction of sp³-hybridized carbons (Fsp3) is 0.0541. The van der Waals surface area contributed by atoms with Crippen LogP contribution in [0.4, 0.5) is 26.3 Å². The van der Waals surface area contributed by atoms with E-state index < -0.39 is 85.7 Å². The molecule has 0 heterocycles. The van der Waals surface area contributed by atoms with Crippen LogP contribution < -0.4 is 36.5 Å². The second-order valence-electron chi connectivity index (χ2n) is 21.4. The SMILES string of the molecule is O=C(CP(OB(Oc1cc(C(F)(F)F)cc(C(F)(F)F)c1)OP(CC(=O)c1ccccc1C(=O)c1ccccc1)(c1ccccc1)(c1ccccc1)c1ccccc1)(c1ccccc1)(c1ccccc1)c1ccccc1)c1ccccc1C(=O)c1ccccc1. The van der Waals surface area contributed by atoms with Gasteiger partial charge in [0.05, 0.1) is 0 Å². The van der Waals surface area contributed by atoms with Crippen molar-refractivity contribution in [2.45, 2.75) is 12.4 Å². The molecule has 0 saturated heterocycles. The first-order valence-corrected chi connectivity index (χ1v) is 33.3. The van der Waals surface area contributed by atoms with E-state index in [1.54, 1.807) is 267 Å². The van der Waals surface area contributed by atoms with Crippen LogP contribution in [0.25, 0.3) is 0 Å². The van der Waals surface area contributed by atoms with Crippen LogP contribution in [-0.4, -0.2) is 42.8 Å². The maximum atomic E-state index is 16.5. The van der Waals surface area contributed by atoms with E-state index in [-0.39, 0.29) is 39.4 Å². The molecule has 0 N–H and O–H groups in total. The fourth-order valence-electron chi connectivity index (χ4n) is 11.9. The van der Waals surface area contributed by atoms with Crippen LogP contribution in [0, 0.1) is 0 Å². The molecule has 0 spiro atoms. The number of carbonyl (C=O) groups excluding carboxylic acids is 4. The Morgan fingerprint density at radius 3 is 0.800 bits per heavy atom. The monoisotopic (exact) mass is 1240 g/mol. The molecule has 11 aromatic carbocycles. The first-order valence-electron chi connectivity index (χ1n) is 28.6. The van der Waals surface area contributed by atoms with Gasteiger partial charge < -0.3 is 0 Å². The molecule has 7 nitrogen and oxygen atoms in total. The Morgan fingerprint density at radius 2 is 0.544 bits per heavy atom. The van der Waals surface area contributed by atoms with Gasteiger partial charge in [0.15, 0.2) is 0 Å². The van der Waals surface area contributed by atoms with Crippen LogP contribution in [0.5, 0.6) is 5.75 Å². The van der Waals surface area contributed by atoms with Gasteiger partial charge in [-0.15, -0.1) is 0 Å². The van der Waals surface area contributed by atoms with E-state index >= 15 is 35.9 Å². The molecule has 0 amide bonds. The summed E-state index contributed by atoms with van der Waals surface area (Å²) in [4.78, 5) is 62.4. The molecule has 448 valence electrons. The quantitative estimate of drug-likeness (QED) is 0.0289. The number of ketones is 4. The van der Waals surface area contributed by atoms with E-state index in [1.807, 2.05) is 0 Å². The molecule has 11 rings (SSSR count). The van der Waals surface area contributed by atoms with E-state index in [1.165, 1.54) is 24.3 Å². The molecule has 0 saturated carbocycles. The van der Waals surface area contributed by atoms with E-state index in [0.29, 0.717) is 44.0 Å². The number of rotatable bonds is 22. The van der Waals surface area contributed by atoms with Crippen molar-refractivity contribution in [3.05, 3.63) is 354 Å². The van der Waals surface area contributed by atoms with Crippen molar-refractivity contribution >= 4 is 75.9 Å². The normalized spacial score (nSPS) is 12.7. The molecule has 0 unspecified atom stereocenters. The van der Waals surface area contributed by atoms with Crippen molar-refractivity contribution in [1.82, 2.24) is 0 Å². The summed E-state index contributed by atoms with van der Waals surface area (Å²) in [5, 5.41) is 1.85. The number of carbonyl (C=O) groups is 4. The molecular weight excluding hydrogens is 1190 g/mol. The van der Waals surface area contributed by atoms with Gasteiger partial charge >= 0.3 is 519 Å². The molecule has 0 bridgehead atoms. The summed E-state index contributed by atoms with van der Waals surface area (Å²) >= 11 is 0. The third kappa shape index (κ3) is 11.7. The van der Waals surface area contributed by atoms with Crippen molar-refractivity contribution in [3.8, 4) is 5.75 Å². The fourth-order valence-corrected chi connectivity index (χ4v) is 23.0. The molecule has 0 aliphatic heterocycles. The summed E-state index contributed by atoms with van der Waals surface area (Å²) in [6.07, 6.45) is -12.1. The molecule has 0 radical (unpaired) electrons. The summed E-state index contributed by atoms with van der Waals surface area (Å²) in [5.41, 5.74) is -2.93. The Labute approximate surface area is 516 Å². The number of hydrogen-bond acceptors (Lipinski definition) is 7. The molecular formula is C74H55BF6O7P2. The second-order valence-corrected chi connectivity index (χ2v) is 30.4. The standard InChI is InChI=1S/C74H55BF6O7P2/c76-73(77,78)56-49-57(74(79,80)81)51-58(50-56)86-75(87-89(59-33-13-3-14-34-59,60-35-15-4-16-36-60,61-37-17-5-18-38-61)52-69(82)65-45-25-27-47-67(65)71(84)54-29-9-1-10-30-54)88-90(62-39-19-6-20-40-62,63-41-21-7-22-42-63,64-43-23-8-24-44-64)53-70(83)66-46-26-28-48-68(66)72(85)55-31-11-2-12-32-55/h1-51H,52-53H2. The van der Waals surface area contributed by atoms with E-state index in [2.05, 4.69) is 0 Å². The summed E-state index contributed by atoms with van der Waals surface area (Å²) in [6, 6.07) is 81.3. The molecule has 0 aliphatic carbocycles. The van der Waals surface area contributed by atoms with Gasteiger partial charge in [-0.25, -0.2) is 0 Å². The molecule has 11 aromatic rings. The van der Waals surface area contributed by atoms with Gasteiger partial charge in [-0.2, -0.15) is 0 Å². The van der Waals surface area contributed by atoms with Gasteiger partial charge in [0.2, 0.25) is 0 Å². The van der Waals surface area contributed by atoms with Crippen molar-refractivity contribution in [2.24, 2.45) is 0 Å². The molecule has 0 aromatic heterocycles. The summed E-state index contributed by atoms with van der Waals surface area (Å²) in [5.74, 6) is -3.33. The van der Waals surface area contributed by atoms with Crippen LogP contribution in [0.2, 0.25) is 0 Å². The summed E-state index contributed by atoms with van der Waals surface area (Å²) in [6.45, 7) is -11.2. The number of halogens is 6. The molecule has 90 heavy (non-hydrogen) atoms.